The Morgan fingerprint density at radius 3 is 1.97 bits per heavy atom. The standard InChI is InChI=1S/C23H26N4O3/c1-22(2,3)27-20(29)18(23(4,5)21(27)30)19(28)24-15-11-13-17(14-12-15)26-25-16-9-7-6-8-10-16/h6-14,18H,1-5H3,(H,24,28). The Labute approximate surface area is 176 Å². The molecular weight excluding hydrogens is 380 g/mol. The van der Waals surface area contributed by atoms with E-state index in [1.54, 1.807) is 58.9 Å². The number of nitrogens with zero attached hydrogens (tertiary/aromatic N) is 3. The zero-order valence-corrected chi connectivity index (χ0v) is 17.8. The predicted molar refractivity (Wildman–Crippen MR) is 115 cm³/mol. The van der Waals surface area contributed by atoms with Crippen LogP contribution in [0, 0.1) is 11.3 Å². The van der Waals surface area contributed by atoms with E-state index in [0.29, 0.717) is 11.4 Å². The van der Waals surface area contributed by atoms with Crippen molar-refractivity contribution in [3.63, 3.8) is 0 Å². The van der Waals surface area contributed by atoms with E-state index in [1.165, 1.54) is 4.90 Å². The molecule has 1 unspecified atom stereocenters. The molecule has 1 heterocycles. The van der Waals surface area contributed by atoms with E-state index >= 15 is 0 Å². The number of likely N-dealkylation sites (tertiary alicyclic amines) is 1. The first kappa shape index (κ1) is 21.4. The SMILES string of the molecule is CC1(C)C(=O)N(C(C)(C)C)C(=O)C1C(=O)Nc1ccc(N=Nc2ccccc2)cc1. The number of hydrogen-bond acceptors (Lipinski definition) is 5. The summed E-state index contributed by atoms with van der Waals surface area (Å²) in [6.07, 6.45) is 0. The second kappa shape index (κ2) is 7.82. The first-order chi connectivity index (χ1) is 14.0. The minimum atomic E-state index is -1.11. The topological polar surface area (TPSA) is 91.2 Å². The van der Waals surface area contributed by atoms with Gasteiger partial charge >= 0.3 is 0 Å². The van der Waals surface area contributed by atoms with Gasteiger partial charge in [-0.1, -0.05) is 18.2 Å². The van der Waals surface area contributed by atoms with Gasteiger partial charge in [-0.25, -0.2) is 0 Å². The molecule has 30 heavy (non-hydrogen) atoms. The lowest BCUT2D eigenvalue weighted by atomic mass is 9.80. The van der Waals surface area contributed by atoms with Crippen LogP contribution in [-0.4, -0.2) is 28.2 Å². The van der Waals surface area contributed by atoms with Crippen molar-refractivity contribution in [2.75, 3.05) is 5.32 Å². The van der Waals surface area contributed by atoms with Gasteiger partial charge in [-0.15, -0.1) is 0 Å². The van der Waals surface area contributed by atoms with Crippen LogP contribution in [0.25, 0.3) is 0 Å². The van der Waals surface area contributed by atoms with Crippen molar-refractivity contribution in [3.8, 4) is 0 Å². The van der Waals surface area contributed by atoms with Crippen LogP contribution in [0.3, 0.4) is 0 Å². The maximum absolute atomic E-state index is 12.9. The number of imide groups is 1. The van der Waals surface area contributed by atoms with Crippen LogP contribution >= 0.6 is 0 Å². The molecule has 0 aliphatic carbocycles. The lowest BCUT2D eigenvalue weighted by Crippen LogP contribution is -2.46. The molecule has 0 radical (unpaired) electrons. The fourth-order valence-corrected chi connectivity index (χ4v) is 3.46. The molecule has 3 rings (SSSR count). The number of carbonyl (C=O) groups excluding carboxylic acids is 3. The highest BCUT2D eigenvalue weighted by Gasteiger charge is 2.59. The summed E-state index contributed by atoms with van der Waals surface area (Å²) < 4.78 is 0. The summed E-state index contributed by atoms with van der Waals surface area (Å²) >= 11 is 0. The molecule has 7 nitrogen and oxygen atoms in total. The van der Waals surface area contributed by atoms with Crippen molar-refractivity contribution in [2.24, 2.45) is 21.6 Å². The second-order valence-electron chi connectivity index (χ2n) is 8.88. The monoisotopic (exact) mass is 406 g/mol. The van der Waals surface area contributed by atoms with Crippen molar-refractivity contribution >= 4 is 34.8 Å². The van der Waals surface area contributed by atoms with Gasteiger partial charge in [0.25, 0.3) is 0 Å². The number of amides is 3. The molecule has 0 aromatic heterocycles. The molecular formula is C23H26N4O3. The number of anilines is 1. The third-order valence-electron chi connectivity index (χ3n) is 5.05. The predicted octanol–water partition coefficient (Wildman–Crippen LogP) is 4.85. The van der Waals surface area contributed by atoms with Gasteiger partial charge in [0, 0.05) is 11.2 Å². The maximum atomic E-state index is 12.9. The van der Waals surface area contributed by atoms with Gasteiger partial charge in [-0.05, 0) is 71.0 Å². The summed E-state index contributed by atoms with van der Waals surface area (Å²) in [5.74, 6) is -2.38. The number of rotatable bonds is 4. The summed E-state index contributed by atoms with van der Waals surface area (Å²) in [6.45, 7) is 8.61. The number of benzene rings is 2. The number of hydrogen-bond donors (Lipinski definition) is 1. The quantitative estimate of drug-likeness (QED) is 0.447. The molecule has 3 amide bonds. The largest absolute Gasteiger partial charge is 0.325 e. The third kappa shape index (κ3) is 4.15. The molecule has 1 aliphatic heterocycles. The highest BCUT2D eigenvalue weighted by molar-refractivity contribution is 6.19. The van der Waals surface area contributed by atoms with Gasteiger partial charge in [0.05, 0.1) is 16.8 Å². The van der Waals surface area contributed by atoms with E-state index < -0.39 is 28.7 Å². The molecule has 0 bridgehead atoms. The lowest BCUT2D eigenvalue weighted by Gasteiger charge is -2.30. The van der Waals surface area contributed by atoms with Gasteiger partial charge in [0.2, 0.25) is 17.7 Å². The molecule has 1 N–H and O–H groups in total. The minimum Gasteiger partial charge on any atom is -0.325 e. The van der Waals surface area contributed by atoms with Crippen LogP contribution in [0.5, 0.6) is 0 Å². The van der Waals surface area contributed by atoms with Crippen LogP contribution in [0.15, 0.2) is 64.8 Å². The Morgan fingerprint density at radius 1 is 0.933 bits per heavy atom. The number of nitrogens with one attached hydrogen (secondary N) is 1. The van der Waals surface area contributed by atoms with Crippen LogP contribution in [0.4, 0.5) is 17.1 Å². The van der Waals surface area contributed by atoms with Gasteiger partial charge in [0.1, 0.15) is 5.92 Å². The lowest BCUT2D eigenvalue weighted by molar-refractivity contribution is -0.146. The molecule has 1 fully saturated rings. The zero-order valence-electron chi connectivity index (χ0n) is 17.8. The Balaban J connectivity index is 1.73. The average molecular weight is 406 g/mol. The van der Waals surface area contributed by atoms with Gasteiger partial charge < -0.3 is 5.32 Å². The third-order valence-corrected chi connectivity index (χ3v) is 5.05. The van der Waals surface area contributed by atoms with Gasteiger partial charge in [0.15, 0.2) is 0 Å². The molecule has 7 heteroatoms. The van der Waals surface area contributed by atoms with Gasteiger partial charge in [-0.2, -0.15) is 10.2 Å². The highest BCUT2D eigenvalue weighted by atomic mass is 16.2. The molecule has 0 saturated carbocycles. The van der Waals surface area contributed by atoms with E-state index in [4.69, 9.17) is 0 Å². The molecule has 0 spiro atoms. The van der Waals surface area contributed by atoms with Crippen LogP contribution in [0.2, 0.25) is 0 Å². The first-order valence-electron chi connectivity index (χ1n) is 9.78. The number of carbonyl (C=O) groups is 3. The fraction of sp³-hybridized carbons (Fsp3) is 0.348. The fourth-order valence-electron chi connectivity index (χ4n) is 3.46. The Hall–Kier alpha value is -3.35. The normalized spacial score (nSPS) is 18.8. The summed E-state index contributed by atoms with van der Waals surface area (Å²) in [7, 11) is 0. The molecule has 2 aromatic carbocycles. The maximum Gasteiger partial charge on any atom is 0.243 e. The Morgan fingerprint density at radius 2 is 1.47 bits per heavy atom. The van der Waals surface area contributed by atoms with Crippen LogP contribution < -0.4 is 5.32 Å². The summed E-state index contributed by atoms with van der Waals surface area (Å²) in [5, 5.41) is 11.1. The first-order valence-corrected chi connectivity index (χ1v) is 9.78. The zero-order chi connectivity index (χ0) is 22.1. The van der Waals surface area contributed by atoms with Crippen molar-refractivity contribution < 1.29 is 14.4 Å². The minimum absolute atomic E-state index is 0.336. The second-order valence-corrected chi connectivity index (χ2v) is 8.88. The van der Waals surface area contributed by atoms with Crippen molar-refractivity contribution in [3.05, 3.63) is 54.6 Å². The summed E-state index contributed by atoms with van der Waals surface area (Å²) in [4.78, 5) is 39.8. The van der Waals surface area contributed by atoms with Crippen LogP contribution in [-0.2, 0) is 14.4 Å². The molecule has 156 valence electrons. The van der Waals surface area contributed by atoms with Crippen molar-refractivity contribution in [1.82, 2.24) is 4.90 Å². The summed E-state index contributed by atoms with van der Waals surface area (Å²) in [6, 6.07) is 16.2. The van der Waals surface area contributed by atoms with E-state index in [1.807, 2.05) is 30.3 Å². The smallest absolute Gasteiger partial charge is 0.243 e. The molecule has 2 aromatic rings. The Bertz CT molecular complexity index is 989. The molecule has 1 saturated heterocycles. The van der Waals surface area contributed by atoms with E-state index in [2.05, 4.69) is 15.5 Å². The Kier molecular flexibility index (Phi) is 5.57. The van der Waals surface area contributed by atoms with Crippen molar-refractivity contribution in [2.45, 2.75) is 40.2 Å². The van der Waals surface area contributed by atoms with Gasteiger partial charge in [-0.3, -0.25) is 19.3 Å². The van der Waals surface area contributed by atoms with Crippen molar-refractivity contribution in [1.29, 1.82) is 0 Å². The highest BCUT2D eigenvalue weighted by Crippen LogP contribution is 2.41. The van der Waals surface area contributed by atoms with E-state index in [9.17, 15) is 14.4 Å². The molecule has 1 aliphatic rings. The molecule has 1 atom stereocenters. The van der Waals surface area contributed by atoms with E-state index in [0.717, 1.165) is 5.69 Å². The van der Waals surface area contributed by atoms with Crippen LogP contribution in [0.1, 0.15) is 34.6 Å². The van der Waals surface area contributed by atoms with E-state index in [-0.39, 0.29) is 5.91 Å². The average Bonchev–Trinajstić information content (AvgIpc) is 2.86. The summed E-state index contributed by atoms with van der Waals surface area (Å²) in [5.41, 5.74) is 0.0847. The number of azo groups is 1.